The molecule has 0 atom stereocenters. The van der Waals surface area contributed by atoms with Crippen LogP contribution in [0.15, 0.2) is 17.5 Å². The van der Waals surface area contributed by atoms with Gasteiger partial charge in [-0.2, -0.15) is 0 Å². The van der Waals surface area contributed by atoms with Crippen molar-refractivity contribution in [3.63, 3.8) is 0 Å². The first-order valence-electron chi connectivity index (χ1n) is 6.63. The summed E-state index contributed by atoms with van der Waals surface area (Å²) in [7, 11) is 0. The molecule has 0 saturated carbocycles. The van der Waals surface area contributed by atoms with E-state index in [1.807, 2.05) is 0 Å². The molecule has 2 heterocycles. The molecule has 8 heteroatoms. The first-order chi connectivity index (χ1) is 9.76. The summed E-state index contributed by atoms with van der Waals surface area (Å²) in [6.07, 6.45) is 4.08. The van der Waals surface area contributed by atoms with E-state index in [4.69, 9.17) is 16.0 Å². The van der Waals surface area contributed by atoms with E-state index in [1.54, 1.807) is 6.20 Å². The van der Waals surface area contributed by atoms with E-state index in [9.17, 15) is 0 Å². The summed E-state index contributed by atoms with van der Waals surface area (Å²) < 4.78 is 0. The smallest absolute Gasteiger partial charge is 0.192 e. The zero-order valence-corrected chi connectivity index (χ0v) is 11.3. The molecular formula is C12H20N6O2. The third kappa shape index (κ3) is 3.34. The lowest BCUT2D eigenvalue weighted by Crippen LogP contribution is -2.34. The number of anilines is 1. The Kier molecular flexibility index (Phi) is 5.08. The average molecular weight is 280 g/mol. The molecule has 0 bridgehead atoms. The van der Waals surface area contributed by atoms with Crippen LogP contribution in [0.5, 0.6) is 0 Å². The molecule has 0 unspecified atom stereocenters. The van der Waals surface area contributed by atoms with Crippen molar-refractivity contribution < 1.29 is 10.3 Å². The maximum absolute atomic E-state index is 9.00. The standard InChI is InChI=1S/C12H20N6O2/c13-11(16-20)10-12(15-3-2-14-10)18-5-1-4-17(6-7-18)8-9-19/h2-3,19-20H,1,4-9H2,(H2,13,16). The molecule has 0 amide bonds. The zero-order chi connectivity index (χ0) is 14.4. The second-order valence-corrected chi connectivity index (χ2v) is 4.62. The van der Waals surface area contributed by atoms with Crippen molar-refractivity contribution >= 4 is 11.7 Å². The summed E-state index contributed by atoms with van der Waals surface area (Å²) >= 11 is 0. The van der Waals surface area contributed by atoms with Crippen LogP contribution >= 0.6 is 0 Å². The number of aromatic nitrogens is 2. The van der Waals surface area contributed by atoms with Crippen LogP contribution in [0, 0.1) is 0 Å². The summed E-state index contributed by atoms with van der Waals surface area (Å²) in [4.78, 5) is 12.7. The number of amidine groups is 1. The highest BCUT2D eigenvalue weighted by Gasteiger charge is 2.20. The zero-order valence-electron chi connectivity index (χ0n) is 11.3. The fourth-order valence-corrected chi connectivity index (χ4v) is 2.34. The molecule has 1 aliphatic heterocycles. The van der Waals surface area contributed by atoms with Crippen LogP contribution in [0.4, 0.5) is 5.82 Å². The van der Waals surface area contributed by atoms with Crippen molar-refractivity contribution in [2.45, 2.75) is 6.42 Å². The minimum absolute atomic E-state index is 0.0374. The predicted molar refractivity (Wildman–Crippen MR) is 74.9 cm³/mol. The van der Waals surface area contributed by atoms with Gasteiger partial charge >= 0.3 is 0 Å². The molecule has 1 aliphatic rings. The number of nitrogens with two attached hydrogens (primary N) is 1. The monoisotopic (exact) mass is 280 g/mol. The summed E-state index contributed by atoms with van der Waals surface area (Å²) in [5, 5.41) is 20.8. The van der Waals surface area contributed by atoms with Crippen LogP contribution in [0.2, 0.25) is 0 Å². The number of β-amino-alcohol motifs (C(OH)–C–C–N with tert-alkyl or cyclic N) is 1. The Labute approximate surface area is 117 Å². The molecule has 20 heavy (non-hydrogen) atoms. The van der Waals surface area contributed by atoms with Gasteiger partial charge in [-0.1, -0.05) is 5.16 Å². The summed E-state index contributed by atoms with van der Waals surface area (Å²) in [6.45, 7) is 4.22. The largest absolute Gasteiger partial charge is 0.409 e. The minimum atomic E-state index is -0.0374. The second kappa shape index (κ2) is 7.01. The fraction of sp³-hybridized carbons (Fsp3) is 0.583. The number of aliphatic hydroxyl groups is 1. The molecule has 2 rings (SSSR count). The topological polar surface area (TPSA) is 111 Å². The fourth-order valence-electron chi connectivity index (χ4n) is 2.34. The molecule has 0 spiro atoms. The first kappa shape index (κ1) is 14.5. The summed E-state index contributed by atoms with van der Waals surface area (Å²) in [5.74, 6) is 0.596. The van der Waals surface area contributed by atoms with E-state index < -0.39 is 0 Å². The van der Waals surface area contributed by atoms with E-state index in [0.717, 1.165) is 32.6 Å². The number of hydrogen-bond acceptors (Lipinski definition) is 7. The van der Waals surface area contributed by atoms with Crippen LogP contribution in [-0.2, 0) is 0 Å². The van der Waals surface area contributed by atoms with Crippen LogP contribution in [0.3, 0.4) is 0 Å². The van der Waals surface area contributed by atoms with Crippen LogP contribution < -0.4 is 10.6 Å². The van der Waals surface area contributed by atoms with Crippen molar-refractivity contribution in [2.24, 2.45) is 10.9 Å². The highest BCUT2D eigenvalue weighted by atomic mass is 16.4. The summed E-state index contributed by atoms with van der Waals surface area (Å²) in [5.41, 5.74) is 6.04. The van der Waals surface area contributed by atoms with Crippen LogP contribution in [-0.4, -0.2) is 70.3 Å². The Bertz CT molecular complexity index is 467. The van der Waals surface area contributed by atoms with Gasteiger partial charge in [-0.25, -0.2) is 9.97 Å². The molecule has 1 aromatic rings. The SMILES string of the molecule is NC(=NO)c1nccnc1N1CCCN(CCO)CC1. The van der Waals surface area contributed by atoms with Crippen molar-refractivity contribution in [3.8, 4) is 0 Å². The van der Waals surface area contributed by atoms with E-state index in [1.165, 1.54) is 6.20 Å². The molecule has 1 aromatic heterocycles. The maximum Gasteiger partial charge on any atom is 0.192 e. The third-order valence-electron chi connectivity index (χ3n) is 3.33. The van der Waals surface area contributed by atoms with Gasteiger partial charge in [-0.3, -0.25) is 4.90 Å². The van der Waals surface area contributed by atoms with E-state index in [-0.39, 0.29) is 12.4 Å². The van der Waals surface area contributed by atoms with Crippen molar-refractivity contribution in [3.05, 3.63) is 18.1 Å². The van der Waals surface area contributed by atoms with Crippen LogP contribution in [0.25, 0.3) is 0 Å². The lowest BCUT2D eigenvalue weighted by atomic mass is 10.3. The Balaban J connectivity index is 2.15. The normalized spacial score (nSPS) is 18.1. The van der Waals surface area contributed by atoms with E-state index >= 15 is 0 Å². The number of oxime groups is 1. The Morgan fingerprint density at radius 1 is 1.25 bits per heavy atom. The Hall–Kier alpha value is -1.93. The average Bonchev–Trinajstić information content (AvgIpc) is 2.72. The quantitative estimate of drug-likeness (QED) is 0.283. The van der Waals surface area contributed by atoms with Gasteiger partial charge in [0.25, 0.3) is 0 Å². The van der Waals surface area contributed by atoms with Gasteiger partial charge in [0.15, 0.2) is 17.3 Å². The van der Waals surface area contributed by atoms with Crippen molar-refractivity contribution in [1.29, 1.82) is 0 Å². The van der Waals surface area contributed by atoms with Crippen LogP contribution in [0.1, 0.15) is 12.1 Å². The predicted octanol–water partition coefficient (Wildman–Crippen LogP) is -0.924. The van der Waals surface area contributed by atoms with Crippen molar-refractivity contribution in [1.82, 2.24) is 14.9 Å². The third-order valence-corrected chi connectivity index (χ3v) is 3.33. The Morgan fingerprint density at radius 3 is 2.80 bits per heavy atom. The minimum Gasteiger partial charge on any atom is -0.409 e. The number of hydrogen-bond donors (Lipinski definition) is 3. The molecule has 4 N–H and O–H groups in total. The van der Waals surface area contributed by atoms with Gasteiger partial charge < -0.3 is 20.9 Å². The van der Waals surface area contributed by atoms with Gasteiger partial charge in [-0.15, -0.1) is 0 Å². The molecule has 110 valence electrons. The molecule has 1 saturated heterocycles. The number of nitrogens with zero attached hydrogens (tertiary/aromatic N) is 5. The van der Waals surface area contributed by atoms with Gasteiger partial charge in [0, 0.05) is 38.6 Å². The highest BCUT2D eigenvalue weighted by Crippen LogP contribution is 2.17. The number of aliphatic hydroxyl groups excluding tert-OH is 1. The Morgan fingerprint density at radius 2 is 2.05 bits per heavy atom. The molecule has 1 fully saturated rings. The molecule has 8 nitrogen and oxygen atoms in total. The first-order valence-corrected chi connectivity index (χ1v) is 6.63. The lowest BCUT2D eigenvalue weighted by Gasteiger charge is -2.23. The number of rotatable bonds is 4. The van der Waals surface area contributed by atoms with E-state index in [2.05, 4.69) is 24.9 Å². The highest BCUT2D eigenvalue weighted by molar-refractivity contribution is 5.99. The van der Waals surface area contributed by atoms with Gasteiger partial charge in [-0.05, 0) is 13.0 Å². The van der Waals surface area contributed by atoms with E-state index in [0.29, 0.717) is 18.1 Å². The molecule has 0 radical (unpaired) electrons. The van der Waals surface area contributed by atoms with Gasteiger partial charge in [0.1, 0.15) is 0 Å². The summed E-state index contributed by atoms with van der Waals surface area (Å²) in [6, 6.07) is 0. The maximum atomic E-state index is 9.00. The molecular weight excluding hydrogens is 260 g/mol. The van der Waals surface area contributed by atoms with Crippen molar-refractivity contribution in [2.75, 3.05) is 44.2 Å². The molecule has 0 aliphatic carbocycles. The second-order valence-electron chi connectivity index (χ2n) is 4.62. The molecule has 0 aromatic carbocycles. The van der Waals surface area contributed by atoms with Gasteiger partial charge in [0.05, 0.1) is 6.61 Å². The van der Waals surface area contributed by atoms with Gasteiger partial charge in [0.2, 0.25) is 0 Å². The lowest BCUT2D eigenvalue weighted by molar-refractivity contribution is 0.204.